The van der Waals surface area contributed by atoms with Gasteiger partial charge in [-0.3, -0.25) is 9.59 Å². The molecule has 1 aliphatic carbocycles. The summed E-state index contributed by atoms with van der Waals surface area (Å²) in [5, 5.41) is 14.7. The zero-order chi connectivity index (χ0) is 24.2. The van der Waals surface area contributed by atoms with Gasteiger partial charge in [0.05, 0.1) is 12.0 Å². The number of amides is 2. The molecular weight excluding hydrogens is 436 g/mol. The van der Waals surface area contributed by atoms with Crippen LogP contribution in [0.5, 0.6) is 0 Å². The Morgan fingerprint density at radius 1 is 1.06 bits per heavy atom. The summed E-state index contributed by atoms with van der Waals surface area (Å²) >= 11 is 0. The molecule has 0 bridgehead atoms. The van der Waals surface area contributed by atoms with Gasteiger partial charge < -0.3 is 25.2 Å². The van der Waals surface area contributed by atoms with Crippen molar-refractivity contribution < 1.29 is 29.0 Å². The van der Waals surface area contributed by atoms with E-state index in [0.29, 0.717) is 13.0 Å². The smallest absolute Gasteiger partial charge is 0.407 e. The lowest BCUT2D eigenvalue weighted by Crippen LogP contribution is -2.49. The van der Waals surface area contributed by atoms with E-state index in [1.54, 1.807) is 13.8 Å². The molecule has 2 amide bonds. The van der Waals surface area contributed by atoms with Gasteiger partial charge in [-0.05, 0) is 34.6 Å². The Hall–Kier alpha value is -3.39. The average Bonchev–Trinajstić information content (AvgIpc) is 3.40. The lowest BCUT2D eigenvalue weighted by molar-refractivity contribution is -0.143. The molecule has 0 spiro atoms. The van der Waals surface area contributed by atoms with E-state index in [-0.39, 0.29) is 25.0 Å². The molecule has 2 aromatic rings. The summed E-state index contributed by atoms with van der Waals surface area (Å²) in [7, 11) is 0. The van der Waals surface area contributed by atoms with E-state index < -0.39 is 36.0 Å². The third-order valence-electron chi connectivity index (χ3n) is 6.62. The zero-order valence-electron chi connectivity index (χ0n) is 19.3. The second-order valence-corrected chi connectivity index (χ2v) is 9.09. The van der Waals surface area contributed by atoms with Gasteiger partial charge in [-0.25, -0.2) is 4.79 Å². The summed E-state index contributed by atoms with van der Waals surface area (Å²) in [5.74, 6) is -2.28. The average molecular weight is 467 g/mol. The van der Waals surface area contributed by atoms with Gasteiger partial charge in [-0.15, -0.1) is 0 Å². The molecule has 2 aliphatic rings. The Labute approximate surface area is 198 Å². The highest BCUT2D eigenvalue weighted by atomic mass is 16.6. The first kappa shape index (κ1) is 23.8. The van der Waals surface area contributed by atoms with Crippen molar-refractivity contribution in [3.63, 3.8) is 0 Å². The molecule has 3 unspecified atom stereocenters. The Morgan fingerprint density at radius 2 is 1.68 bits per heavy atom. The monoisotopic (exact) mass is 466 g/mol. The van der Waals surface area contributed by atoms with Gasteiger partial charge in [0.1, 0.15) is 6.61 Å². The summed E-state index contributed by atoms with van der Waals surface area (Å²) in [5.41, 5.74) is 4.54. The number of ether oxygens (including phenoxy) is 2. The van der Waals surface area contributed by atoms with Crippen LogP contribution in [0.15, 0.2) is 48.5 Å². The van der Waals surface area contributed by atoms with Crippen LogP contribution in [0.4, 0.5) is 4.79 Å². The fourth-order valence-corrected chi connectivity index (χ4v) is 4.71. The Morgan fingerprint density at radius 3 is 2.26 bits per heavy atom. The predicted octanol–water partition coefficient (Wildman–Crippen LogP) is 3.16. The summed E-state index contributed by atoms with van der Waals surface area (Å²) < 4.78 is 11.1. The third kappa shape index (κ3) is 4.92. The number of rotatable bonds is 8. The first-order valence-corrected chi connectivity index (χ1v) is 11.6. The number of aliphatic carboxylic acids is 1. The lowest BCUT2D eigenvalue weighted by Gasteiger charge is -2.22. The van der Waals surface area contributed by atoms with E-state index in [0.717, 1.165) is 22.3 Å². The van der Waals surface area contributed by atoms with Crippen molar-refractivity contribution in [2.75, 3.05) is 19.8 Å². The lowest BCUT2D eigenvalue weighted by atomic mass is 9.96. The Kier molecular flexibility index (Phi) is 7.17. The number of hydrogen-bond donors (Lipinski definition) is 3. The molecule has 8 heteroatoms. The van der Waals surface area contributed by atoms with Crippen LogP contribution in [-0.4, -0.2) is 55.0 Å². The van der Waals surface area contributed by atoms with E-state index in [1.807, 2.05) is 36.4 Å². The van der Waals surface area contributed by atoms with Crippen LogP contribution < -0.4 is 10.6 Å². The molecule has 0 aromatic heterocycles. The van der Waals surface area contributed by atoms with Crippen LogP contribution in [0, 0.1) is 11.8 Å². The molecule has 180 valence electrons. The first-order valence-electron chi connectivity index (χ1n) is 11.6. The number of carboxylic acids is 1. The predicted molar refractivity (Wildman–Crippen MR) is 125 cm³/mol. The standard InChI is InChI=1S/C26H30N2O6/c1-15(2)20(25(30)31)13-27-24(29)23-22(11-12-33-23)28-26(32)34-14-21-18-9-5-3-7-16(18)17-8-4-6-10-19(17)21/h3-10,15,20-23H,11-14H2,1-2H3,(H,27,29)(H,28,32)(H,30,31). The summed E-state index contributed by atoms with van der Waals surface area (Å²) in [6.07, 6.45) is -1.03. The highest BCUT2D eigenvalue weighted by Crippen LogP contribution is 2.44. The first-order chi connectivity index (χ1) is 16.4. The van der Waals surface area contributed by atoms with E-state index in [4.69, 9.17) is 9.47 Å². The van der Waals surface area contributed by atoms with Crippen molar-refractivity contribution >= 4 is 18.0 Å². The molecule has 34 heavy (non-hydrogen) atoms. The van der Waals surface area contributed by atoms with Gasteiger partial charge >= 0.3 is 12.1 Å². The van der Waals surface area contributed by atoms with Gasteiger partial charge in [0.25, 0.3) is 5.91 Å². The molecule has 2 aromatic carbocycles. The number of fused-ring (bicyclic) bond motifs is 3. The van der Waals surface area contributed by atoms with Crippen LogP contribution in [0.2, 0.25) is 0 Å². The number of hydrogen-bond acceptors (Lipinski definition) is 5. The van der Waals surface area contributed by atoms with Gasteiger partial charge in [0.2, 0.25) is 0 Å². The quantitative estimate of drug-likeness (QED) is 0.551. The number of nitrogens with one attached hydrogen (secondary N) is 2. The number of carboxylic acid groups (broad SMARTS) is 1. The second-order valence-electron chi connectivity index (χ2n) is 9.09. The molecule has 1 fully saturated rings. The molecule has 0 saturated carbocycles. The second kappa shape index (κ2) is 10.3. The van der Waals surface area contributed by atoms with Crippen LogP contribution in [0.1, 0.15) is 37.3 Å². The van der Waals surface area contributed by atoms with Crippen LogP contribution in [0.3, 0.4) is 0 Å². The van der Waals surface area contributed by atoms with Crippen molar-refractivity contribution in [3.8, 4) is 11.1 Å². The van der Waals surface area contributed by atoms with Crippen molar-refractivity contribution in [3.05, 3.63) is 59.7 Å². The van der Waals surface area contributed by atoms with Gasteiger partial charge in [0.15, 0.2) is 6.10 Å². The highest BCUT2D eigenvalue weighted by molar-refractivity contribution is 5.83. The fourth-order valence-electron chi connectivity index (χ4n) is 4.71. The molecule has 0 radical (unpaired) electrons. The van der Waals surface area contributed by atoms with E-state index in [1.165, 1.54) is 0 Å². The molecule has 1 aliphatic heterocycles. The van der Waals surface area contributed by atoms with E-state index in [2.05, 4.69) is 22.8 Å². The molecule has 8 nitrogen and oxygen atoms in total. The normalized spacial score (nSPS) is 19.9. The van der Waals surface area contributed by atoms with E-state index in [9.17, 15) is 19.5 Å². The summed E-state index contributed by atoms with van der Waals surface area (Å²) in [6.45, 7) is 4.08. The SMILES string of the molecule is CC(C)C(CNC(=O)C1OCCC1NC(=O)OCC1c2ccccc2-c2ccccc21)C(=O)O. The Bertz CT molecular complexity index is 1020. The highest BCUT2D eigenvalue weighted by Gasteiger charge is 2.37. The van der Waals surface area contributed by atoms with Crippen molar-refractivity contribution in [2.45, 2.75) is 38.3 Å². The minimum absolute atomic E-state index is 0.00333. The number of benzene rings is 2. The molecular formula is C26H30N2O6. The summed E-state index contributed by atoms with van der Waals surface area (Å²) in [4.78, 5) is 36.6. The van der Waals surface area contributed by atoms with Crippen molar-refractivity contribution in [1.29, 1.82) is 0 Å². The third-order valence-corrected chi connectivity index (χ3v) is 6.62. The molecule has 3 atom stereocenters. The van der Waals surface area contributed by atoms with Crippen LogP contribution in [-0.2, 0) is 19.1 Å². The maximum Gasteiger partial charge on any atom is 0.407 e. The molecule has 1 heterocycles. The van der Waals surface area contributed by atoms with Gasteiger partial charge in [0, 0.05) is 19.1 Å². The fraction of sp³-hybridized carbons (Fsp3) is 0.423. The zero-order valence-corrected chi connectivity index (χ0v) is 19.3. The minimum Gasteiger partial charge on any atom is -0.481 e. The largest absolute Gasteiger partial charge is 0.481 e. The minimum atomic E-state index is -0.962. The maximum absolute atomic E-state index is 12.6. The number of carbonyl (C=O) groups is 3. The van der Waals surface area contributed by atoms with Gasteiger partial charge in [-0.2, -0.15) is 0 Å². The number of carbonyl (C=O) groups excluding carboxylic acids is 2. The van der Waals surface area contributed by atoms with Gasteiger partial charge in [-0.1, -0.05) is 62.4 Å². The topological polar surface area (TPSA) is 114 Å². The van der Waals surface area contributed by atoms with Crippen LogP contribution >= 0.6 is 0 Å². The van der Waals surface area contributed by atoms with E-state index >= 15 is 0 Å². The molecule has 3 N–H and O–H groups in total. The Balaban J connectivity index is 1.33. The number of alkyl carbamates (subject to hydrolysis) is 1. The van der Waals surface area contributed by atoms with Crippen LogP contribution in [0.25, 0.3) is 11.1 Å². The maximum atomic E-state index is 12.6. The van der Waals surface area contributed by atoms with Crippen molar-refractivity contribution in [2.24, 2.45) is 11.8 Å². The molecule has 1 saturated heterocycles. The molecule has 4 rings (SSSR count). The summed E-state index contributed by atoms with van der Waals surface area (Å²) in [6, 6.07) is 15.6. The van der Waals surface area contributed by atoms with Crippen molar-refractivity contribution in [1.82, 2.24) is 10.6 Å².